The summed E-state index contributed by atoms with van der Waals surface area (Å²) in [5.41, 5.74) is 0.451. The number of halogens is 2. The van der Waals surface area contributed by atoms with Gasteiger partial charge in [0.05, 0.1) is 4.47 Å². The lowest BCUT2D eigenvalue weighted by Gasteiger charge is -2.10. The summed E-state index contributed by atoms with van der Waals surface area (Å²) in [5.74, 6) is 4.62. The molecule has 0 aliphatic rings. The maximum atomic E-state index is 13.3. The van der Waals surface area contributed by atoms with Crippen molar-refractivity contribution in [2.75, 3.05) is 0 Å². The molecule has 0 aromatic heterocycles. The largest absolute Gasteiger partial charge is 0.297 e. The maximum Gasteiger partial charge on any atom is 0.143 e. The highest BCUT2D eigenvalue weighted by molar-refractivity contribution is 9.10. The first-order valence-electron chi connectivity index (χ1n) is 3.46. The van der Waals surface area contributed by atoms with Crippen molar-refractivity contribution in [3.63, 3.8) is 0 Å². The standard InChI is InChI=1S/C8H9BrFNO/c1-5(12-11)6-3-2-4-7(9)8(6)10/h2-5H,11H2,1H3. The van der Waals surface area contributed by atoms with E-state index in [-0.39, 0.29) is 5.82 Å². The summed E-state index contributed by atoms with van der Waals surface area (Å²) in [7, 11) is 0. The molecule has 2 nitrogen and oxygen atoms in total. The average Bonchev–Trinajstić information content (AvgIpc) is 2.08. The summed E-state index contributed by atoms with van der Waals surface area (Å²) in [6.07, 6.45) is -0.428. The van der Waals surface area contributed by atoms with Crippen molar-refractivity contribution >= 4 is 15.9 Å². The van der Waals surface area contributed by atoms with Crippen LogP contribution < -0.4 is 5.90 Å². The zero-order valence-electron chi connectivity index (χ0n) is 6.55. The van der Waals surface area contributed by atoms with Crippen molar-refractivity contribution in [3.05, 3.63) is 34.1 Å². The molecular formula is C8H9BrFNO. The van der Waals surface area contributed by atoms with Crippen LogP contribution in [-0.4, -0.2) is 0 Å². The molecule has 0 amide bonds. The Balaban J connectivity index is 3.07. The molecule has 1 atom stereocenters. The van der Waals surface area contributed by atoms with Crippen molar-refractivity contribution < 1.29 is 9.23 Å². The fraction of sp³-hybridized carbons (Fsp3) is 0.250. The van der Waals surface area contributed by atoms with E-state index in [1.807, 2.05) is 0 Å². The quantitative estimate of drug-likeness (QED) is 0.798. The van der Waals surface area contributed by atoms with Crippen LogP contribution in [0.1, 0.15) is 18.6 Å². The molecule has 0 fully saturated rings. The Morgan fingerprint density at radius 1 is 1.58 bits per heavy atom. The van der Waals surface area contributed by atoms with E-state index >= 15 is 0 Å². The van der Waals surface area contributed by atoms with Crippen LogP contribution >= 0.6 is 15.9 Å². The molecule has 1 rings (SSSR count). The van der Waals surface area contributed by atoms with Gasteiger partial charge in [0, 0.05) is 5.56 Å². The zero-order chi connectivity index (χ0) is 9.14. The number of hydrogen-bond donors (Lipinski definition) is 1. The molecule has 1 unspecified atom stereocenters. The molecule has 0 radical (unpaired) electrons. The molecule has 1 aromatic carbocycles. The SMILES string of the molecule is CC(ON)c1cccc(Br)c1F. The topological polar surface area (TPSA) is 35.2 Å². The van der Waals surface area contributed by atoms with Crippen LogP contribution in [0.15, 0.2) is 22.7 Å². The summed E-state index contributed by atoms with van der Waals surface area (Å²) >= 11 is 3.07. The minimum atomic E-state index is -0.428. The molecule has 0 bridgehead atoms. The first kappa shape index (κ1) is 9.64. The first-order chi connectivity index (χ1) is 5.66. The van der Waals surface area contributed by atoms with Gasteiger partial charge in [-0.05, 0) is 28.9 Å². The van der Waals surface area contributed by atoms with Crippen LogP contribution in [-0.2, 0) is 4.84 Å². The van der Waals surface area contributed by atoms with Crippen LogP contribution in [0.4, 0.5) is 4.39 Å². The average molecular weight is 234 g/mol. The van der Waals surface area contributed by atoms with Crippen LogP contribution in [0.5, 0.6) is 0 Å². The van der Waals surface area contributed by atoms with Crippen molar-refractivity contribution in [1.82, 2.24) is 0 Å². The van der Waals surface area contributed by atoms with Crippen molar-refractivity contribution in [2.24, 2.45) is 5.90 Å². The molecule has 2 N–H and O–H groups in total. The molecule has 0 aliphatic heterocycles. The van der Waals surface area contributed by atoms with Gasteiger partial charge in [0.15, 0.2) is 0 Å². The van der Waals surface area contributed by atoms with E-state index < -0.39 is 6.10 Å². The Bertz CT molecular complexity index is 280. The van der Waals surface area contributed by atoms with Crippen molar-refractivity contribution in [2.45, 2.75) is 13.0 Å². The third kappa shape index (κ3) is 1.83. The smallest absolute Gasteiger partial charge is 0.143 e. The molecule has 0 saturated carbocycles. The lowest BCUT2D eigenvalue weighted by Crippen LogP contribution is -2.07. The van der Waals surface area contributed by atoms with Crippen LogP contribution in [0.2, 0.25) is 0 Å². The Labute approximate surface area is 78.6 Å². The molecule has 0 spiro atoms. The molecule has 0 saturated heterocycles. The Kier molecular flexibility index (Phi) is 3.20. The normalized spacial score (nSPS) is 13.0. The summed E-state index contributed by atoms with van der Waals surface area (Å²) in [5, 5.41) is 0. The van der Waals surface area contributed by atoms with Gasteiger partial charge >= 0.3 is 0 Å². The lowest BCUT2D eigenvalue weighted by molar-refractivity contribution is 0.0638. The van der Waals surface area contributed by atoms with E-state index in [9.17, 15) is 4.39 Å². The summed E-state index contributed by atoms with van der Waals surface area (Å²) in [6.45, 7) is 1.69. The summed E-state index contributed by atoms with van der Waals surface area (Å²) < 4.78 is 13.7. The van der Waals surface area contributed by atoms with Gasteiger partial charge in [-0.1, -0.05) is 12.1 Å². The van der Waals surface area contributed by atoms with Crippen molar-refractivity contribution in [1.29, 1.82) is 0 Å². The minimum Gasteiger partial charge on any atom is -0.297 e. The van der Waals surface area contributed by atoms with E-state index in [1.165, 1.54) is 0 Å². The van der Waals surface area contributed by atoms with Gasteiger partial charge < -0.3 is 0 Å². The monoisotopic (exact) mass is 233 g/mol. The highest BCUT2D eigenvalue weighted by Gasteiger charge is 2.11. The van der Waals surface area contributed by atoms with E-state index in [0.717, 1.165) is 0 Å². The predicted octanol–water partition coefficient (Wildman–Crippen LogP) is 2.54. The molecule has 4 heteroatoms. The van der Waals surface area contributed by atoms with E-state index in [1.54, 1.807) is 25.1 Å². The number of benzene rings is 1. The second-order valence-corrected chi connectivity index (χ2v) is 3.28. The Morgan fingerprint density at radius 2 is 2.25 bits per heavy atom. The van der Waals surface area contributed by atoms with Crippen LogP contribution in [0.3, 0.4) is 0 Å². The predicted molar refractivity (Wildman–Crippen MR) is 47.8 cm³/mol. The van der Waals surface area contributed by atoms with Crippen molar-refractivity contribution in [3.8, 4) is 0 Å². The summed E-state index contributed by atoms with van der Waals surface area (Å²) in [4.78, 5) is 4.51. The zero-order valence-corrected chi connectivity index (χ0v) is 8.14. The molecule has 0 heterocycles. The van der Waals surface area contributed by atoms with Gasteiger partial charge in [-0.25, -0.2) is 10.3 Å². The van der Waals surface area contributed by atoms with Gasteiger partial charge in [-0.15, -0.1) is 0 Å². The van der Waals surface area contributed by atoms with E-state index in [4.69, 9.17) is 5.90 Å². The highest BCUT2D eigenvalue weighted by atomic mass is 79.9. The third-order valence-corrected chi connectivity index (χ3v) is 2.24. The molecule has 66 valence electrons. The Morgan fingerprint density at radius 3 is 2.83 bits per heavy atom. The van der Waals surface area contributed by atoms with E-state index in [0.29, 0.717) is 10.0 Å². The number of rotatable bonds is 2. The van der Waals surface area contributed by atoms with Crippen LogP contribution in [0.25, 0.3) is 0 Å². The van der Waals surface area contributed by atoms with Gasteiger partial charge in [0.25, 0.3) is 0 Å². The second-order valence-electron chi connectivity index (χ2n) is 2.42. The number of nitrogens with two attached hydrogens (primary N) is 1. The Hall–Kier alpha value is -0.450. The van der Waals surface area contributed by atoms with Gasteiger partial charge in [-0.2, -0.15) is 0 Å². The molecule has 1 aromatic rings. The van der Waals surface area contributed by atoms with Gasteiger partial charge in [0.2, 0.25) is 0 Å². The second kappa shape index (κ2) is 3.98. The highest BCUT2D eigenvalue weighted by Crippen LogP contribution is 2.24. The van der Waals surface area contributed by atoms with Crippen LogP contribution in [0, 0.1) is 5.82 Å². The molecule has 12 heavy (non-hydrogen) atoms. The number of hydrogen-bond acceptors (Lipinski definition) is 2. The van der Waals surface area contributed by atoms with Gasteiger partial charge in [0.1, 0.15) is 11.9 Å². The summed E-state index contributed by atoms with van der Waals surface area (Å²) in [6, 6.07) is 5.00. The minimum absolute atomic E-state index is 0.324. The maximum absolute atomic E-state index is 13.3. The van der Waals surface area contributed by atoms with Gasteiger partial charge in [-0.3, -0.25) is 4.84 Å². The first-order valence-corrected chi connectivity index (χ1v) is 4.25. The molecule has 0 aliphatic carbocycles. The van der Waals surface area contributed by atoms with E-state index in [2.05, 4.69) is 20.8 Å². The fourth-order valence-corrected chi connectivity index (χ4v) is 1.29. The third-order valence-electron chi connectivity index (χ3n) is 1.62. The molecular weight excluding hydrogens is 225 g/mol. The fourth-order valence-electron chi connectivity index (χ4n) is 0.908. The lowest BCUT2D eigenvalue weighted by atomic mass is 10.1.